The Labute approximate surface area is 267 Å². The highest BCUT2D eigenvalue weighted by molar-refractivity contribution is 6.00. The summed E-state index contributed by atoms with van der Waals surface area (Å²) >= 11 is 0. The number of aliphatic hydroxyl groups is 1. The number of allylic oxidation sites excluding steroid dienone is 2. The van der Waals surface area contributed by atoms with Crippen LogP contribution in [0.4, 0.5) is 4.79 Å². The number of amides is 1. The van der Waals surface area contributed by atoms with Crippen molar-refractivity contribution in [3.63, 3.8) is 0 Å². The van der Waals surface area contributed by atoms with Gasteiger partial charge in [-0.25, -0.2) is 9.59 Å². The normalized spacial score (nSPS) is 33.1. The molecule has 0 unspecified atom stereocenters. The van der Waals surface area contributed by atoms with E-state index in [1.165, 1.54) is 24.8 Å². The van der Waals surface area contributed by atoms with Crippen LogP contribution in [0.3, 0.4) is 0 Å². The molecule has 0 saturated heterocycles. The van der Waals surface area contributed by atoms with Gasteiger partial charge >= 0.3 is 12.1 Å². The number of carbonyl (C=O) groups excluding carboxylic acids is 2. The molecule has 7 heteroatoms. The first-order valence-electron chi connectivity index (χ1n) is 16.8. The second-order valence-corrected chi connectivity index (χ2v) is 14.4. The van der Waals surface area contributed by atoms with Crippen LogP contribution in [0.1, 0.15) is 83.3 Å². The number of aliphatic hydroxyl groups excluding tert-OH is 1. The summed E-state index contributed by atoms with van der Waals surface area (Å²) in [5.74, 6) is 1.95. The van der Waals surface area contributed by atoms with Crippen LogP contribution < -0.4 is 5.32 Å². The maximum Gasteiger partial charge on any atom is 0.408 e. The number of alkyl carbamates (subject to hydrolysis) is 1. The van der Waals surface area contributed by atoms with Crippen molar-refractivity contribution < 1.29 is 24.3 Å². The first-order valence-corrected chi connectivity index (χ1v) is 16.8. The Morgan fingerprint density at radius 2 is 1.67 bits per heavy atom. The van der Waals surface area contributed by atoms with Gasteiger partial charge in [0.05, 0.1) is 11.8 Å². The van der Waals surface area contributed by atoms with Crippen molar-refractivity contribution in [2.45, 2.75) is 97.3 Å². The van der Waals surface area contributed by atoms with E-state index in [1.54, 1.807) is 0 Å². The zero-order valence-corrected chi connectivity index (χ0v) is 26.9. The molecule has 0 radical (unpaired) electrons. The topological polar surface area (TPSA) is 97.2 Å². The summed E-state index contributed by atoms with van der Waals surface area (Å²) in [4.78, 5) is 31.7. The Bertz CT molecular complexity index is 1420. The fourth-order valence-electron chi connectivity index (χ4n) is 9.54. The van der Waals surface area contributed by atoms with E-state index in [4.69, 9.17) is 9.57 Å². The number of nitrogens with zero attached hydrogens (tertiary/aromatic N) is 1. The maximum absolute atomic E-state index is 13.4. The zero-order chi connectivity index (χ0) is 31.6. The third-order valence-electron chi connectivity index (χ3n) is 12.0. The molecule has 3 saturated carbocycles. The summed E-state index contributed by atoms with van der Waals surface area (Å²) in [5, 5.41) is 17.5. The predicted molar refractivity (Wildman–Crippen MR) is 174 cm³/mol. The van der Waals surface area contributed by atoms with Crippen molar-refractivity contribution in [1.29, 1.82) is 0 Å². The molecule has 240 valence electrons. The summed E-state index contributed by atoms with van der Waals surface area (Å²) in [6.07, 6.45) is 10.6. The molecule has 8 atom stereocenters. The van der Waals surface area contributed by atoms with Crippen molar-refractivity contribution >= 4 is 17.8 Å². The highest BCUT2D eigenvalue weighted by atomic mass is 16.7. The number of nitrogens with one attached hydrogen (secondary N) is 1. The highest BCUT2D eigenvalue weighted by Gasteiger charge is 2.58. The van der Waals surface area contributed by atoms with E-state index in [9.17, 15) is 14.7 Å². The minimum absolute atomic E-state index is 0.00146. The van der Waals surface area contributed by atoms with E-state index in [1.807, 2.05) is 67.6 Å². The standard InChI is InChI=1S/C38H48N2O5/c1-25(31-16-17-32-30-15-14-28-23-29(41)18-20-37(28,2)33(30)19-21-38(31,32)3)40-45-35(42)34(22-26-10-6-4-7-11-26)39-36(43)44-24-27-12-8-5-9-13-27/h4-13,16,28-30,32-34,41H,14-15,17-24H2,1-3H3,(H,39,43)/b40-25+/t28-,29-,30-,32-,33-,34-,37-,38+/m0/s1. The second-order valence-electron chi connectivity index (χ2n) is 14.4. The molecule has 0 aromatic heterocycles. The first kappa shape index (κ1) is 31.5. The first-order chi connectivity index (χ1) is 21.7. The van der Waals surface area contributed by atoms with Crippen molar-refractivity contribution in [2.24, 2.45) is 39.7 Å². The molecule has 7 nitrogen and oxygen atoms in total. The van der Waals surface area contributed by atoms with E-state index >= 15 is 0 Å². The largest absolute Gasteiger partial charge is 0.445 e. The van der Waals surface area contributed by atoms with E-state index < -0.39 is 18.1 Å². The van der Waals surface area contributed by atoms with Crippen LogP contribution in [0, 0.1) is 34.5 Å². The number of hydrogen-bond donors (Lipinski definition) is 2. The van der Waals surface area contributed by atoms with Gasteiger partial charge in [-0.15, -0.1) is 0 Å². The molecule has 0 spiro atoms. The summed E-state index contributed by atoms with van der Waals surface area (Å²) in [6, 6.07) is 18.0. The van der Waals surface area contributed by atoms with E-state index in [0.717, 1.165) is 48.9 Å². The molecule has 0 aliphatic heterocycles. The van der Waals surface area contributed by atoms with Gasteiger partial charge in [0.2, 0.25) is 0 Å². The quantitative estimate of drug-likeness (QED) is 0.184. The SMILES string of the molecule is C/C(=N\OC(=O)[C@H](Cc1ccccc1)NC(=O)OCc1ccccc1)C1=CC[C@H]2[C@@H]3CC[C@H]4C[C@@H](O)CC[C@]4(C)[C@H]3CC[C@]12C. The molecule has 45 heavy (non-hydrogen) atoms. The van der Waals surface area contributed by atoms with Gasteiger partial charge in [-0.05, 0) is 109 Å². The van der Waals surface area contributed by atoms with Crippen molar-refractivity contribution in [3.8, 4) is 0 Å². The van der Waals surface area contributed by atoms with Gasteiger partial charge in [-0.1, -0.05) is 85.7 Å². The lowest BCUT2D eigenvalue weighted by Gasteiger charge is -2.60. The zero-order valence-electron chi connectivity index (χ0n) is 26.9. The van der Waals surface area contributed by atoms with E-state index in [-0.39, 0.29) is 24.5 Å². The number of rotatable bonds is 8. The summed E-state index contributed by atoms with van der Waals surface area (Å²) < 4.78 is 5.40. The number of fused-ring (bicyclic) bond motifs is 5. The van der Waals surface area contributed by atoms with Crippen LogP contribution in [-0.2, 0) is 27.4 Å². The van der Waals surface area contributed by atoms with Crippen molar-refractivity contribution in [1.82, 2.24) is 5.32 Å². The average molecular weight is 613 g/mol. The molecule has 1 amide bonds. The smallest absolute Gasteiger partial charge is 0.408 e. The van der Waals surface area contributed by atoms with Gasteiger partial charge in [0, 0.05) is 6.42 Å². The fraction of sp³-hybridized carbons (Fsp3) is 0.553. The molecule has 4 aliphatic rings. The third-order valence-corrected chi connectivity index (χ3v) is 12.0. The average Bonchev–Trinajstić information content (AvgIpc) is 3.41. The molecule has 0 heterocycles. The number of oxime groups is 1. The van der Waals surface area contributed by atoms with E-state index in [2.05, 4.69) is 30.4 Å². The molecule has 0 bridgehead atoms. The highest BCUT2D eigenvalue weighted by Crippen LogP contribution is 2.66. The van der Waals surface area contributed by atoms with Gasteiger partial charge in [0.15, 0.2) is 0 Å². The molecule has 3 fully saturated rings. The Kier molecular flexibility index (Phi) is 9.19. The van der Waals surface area contributed by atoms with Crippen LogP contribution >= 0.6 is 0 Å². The molecule has 6 rings (SSSR count). The lowest BCUT2D eigenvalue weighted by Crippen LogP contribution is -2.53. The van der Waals surface area contributed by atoms with Gasteiger partial charge in [0.1, 0.15) is 12.6 Å². The van der Waals surface area contributed by atoms with Crippen LogP contribution in [0.25, 0.3) is 0 Å². The summed E-state index contributed by atoms with van der Waals surface area (Å²) in [7, 11) is 0. The van der Waals surface area contributed by atoms with Gasteiger partial charge in [0.25, 0.3) is 0 Å². The molecular formula is C38H48N2O5. The van der Waals surface area contributed by atoms with Gasteiger partial charge in [-0.2, -0.15) is 0 Å². The molecule has 2 aromatic carbocycles. The lowest BCUT2D eigenvalue weighted by atomic mass is 9.44. The Morgan fingerprint density at radius 1 is 0.956 bits per heavy atom. The minimum atomic E-state index is -0.950. The number of carbonyl (C=O) groups is 2. The number of benzene rings is 2. The van der Waals surface area contributed by atoms with Crippen LogP contribution in [-0.4, -0.2) is 35.0 Å². The molecular weight excluding hydrogens is 564 g/mol. The summed E-state index contributed by atoms with van der Waals surface area (Å²) in [6.45, 7) is 6.94. The van der Waals surface area contributed by atoms with Crippen LogP contribution in [0.5, 0.6) is 0 Å². The maximum atomic E-state index is 13.4. The third kappa shape index (κ3) is 6.46. The van der Waals surface area contributed by atoms with Crippen molar-refractivity contribution in [3.05, 3.63) is 83.4 Å². The van der Waals surface area contributed by atoms with Crippen molar-refractivity contribution in [2.75, 3.05) is 0 Å². The fourth-order valence-corrected chi connectivity index (χ4v) is 9.54. The Balaban J connectivity index is 1.11. The molecule has 2 aromatic rings. The van der Waals surface area contributed by atoms with Gasteiger partial charge < -0.3 is 20.0 Å². The predicted octanol–water partition coefficient (Wildman–Crippen LogP) is 7.38. The Morgan fingerprint density at radius 3 is 2.40 bits per heavy atom. The van der Waals surface area contributed by atoms with Gasteiger partial charge in [-0.3, -0.25) is 0 Å². The Hall–Kier alpha value is -3.45. The lowest BCUT2D eigenvalue weighted by molar-refractivity contribution is -0.146. The van der Waals surface area contributed by atoms with Crippen LogP contribution in [0.15, 0.2) is 77.5 Å². The second kappa shape index (κ2) is 13.1. The number of ether oxygens (including phenoxy) is 1. The van der Waals surface area contributed by atoms with E-state index in [0.29, 0.717) is 29.1 Å². The number of hydrogen-bond acceptors (Lipinski definition) is 6. The minimum Gasteiger partial charge on any atom is -0.445 e. The van der Waals surface area contributed by atoms with Crippen LogP contribution in [0.2, 0.25) is 0 Å². The molecule has 4 aliphatic carbocycles. The monoisotopic (exact) mass is 612 g/mol. The molecule has 2 N–H and O–H groups in total. The summed E-state index contributed by atoms with van der Waals surface area (Å²) in [5.41, 5.74) is 4.01.